The number of carboxylic acid groups (broad SMARTS) is 1. The first-order valence-corrected chi connectivity index (χ1v) is 7.92. The Kier molecular flexibility index (Phi) is 6.39. The minimum Gasteiger partial charge on any atom is -0.496 e. The van der Waals surface area contributed by atoms with Gasteiger partial charge in [0.15, 0.2) is 0 Å². The molecular formula is C19H21NO5. The lowest BCUT2D eigenvalue weighted by atomic mass is 10.1. The highest BCUT2D eigenvalue weighted by atomic mass is 16.5. The highest BCUT2D eigenvalue weighted by Gasteiger charge is 2.08. The average Bonchev–Trinajstić information content (AvgIpc) is 2.59. The second-order valence-electron chi connectivity index (χ2n) is 5.43. The van der Waals surface area contributed by atoms with Crippen molar-refractivity contribution in [3.05, 3.63) is 53.6 Å². The van der Waals surface area contributed by atoms with Crippen LogP contribution in [0.25, 0.3) is 0 Å². The van der Waals surface area contributed by atoms with Crippen molar-refractivity contribution >= 4 is 17.6 Å². The van der Waals surface area contributed by atoms with Gasteiger partial charge < -0.3 is 19.9 Å². The van der Waals surface area contributed by atoms with E-state index in [-0.39, 0.29) is 0 Å². The number of hydrogen-bond acceptors (Lipinski definition) is 4. The van der Waals surface area contributed by atoms with Gasteiger partial charge in [-0.25, -0.2) is 0 Å². The van der Waals surface area contributed by atoms with Crippen LogP contribution in [0.2, 0.25) is 0 Å². The lowest BCUT2D eigenvalue weighted by molar-refractivity contribution is -0.139. The van der Waals surface area contributed by atoms with E-state index < -0.39 is 18.3 Å². The van der Waals surface area contributed by atoms with Gasteiger partial charge >= 0.3 is 5.97 Å². The quantitative estimate of drug-likeness (QED) is 0.719. The lowest BCUT2D eigenvalue weighted by Gasteiger charge is -2.11. The van der Waals surface area contributed by atoms with E-state index in [0.29, 0.717) is 18.0 Å². The van der Waals surface area contributed by atoms with Crippen LogP contribution in [-0.2, 0) is 22.6 Å². The average molecular weight is 343 g/mol. The summed E-state index contributed by atoms with van der Waals surface area (Å²) in [6.07, 6.45) is 0.311. The van der Waals surface area contributed by atoms with E-state index in [4.69, 9.17) is 14.6 Å². The fourth-order valence-corrected chi connectivity index (χ4v) is 2.35. The third-order valence-corrected chi connectivity index (χ3v) is 3.57. The van der Waals surface area contributed by atoms with E-state index in [1.165, 1.54) is 0 Å². The van der Waals surface area contributed by atoms with Crippen molar-refractivity contribution in [3.63, 3.8) is 0 Å². The molecule has 6 heteroatoms. The molecular weight excluding hydrogens is 322 g/mol. The first kappa shape index (κ1) is 18.3. The van der Waals surface area contributed by atoms with Crippen molar-refractivity contribution in [1.29, 1.82) is 0 Å². The Morgan fingerprint density at radius 3 is 2.64 bits per heavy atom. The molecule has 0 atom stereocenters. The first-order valence-electron chi connectivity index (χ1n) is 7.92. The minimum atomic E-state index is -1.17. The second-order valence-corrected chi connectivity index (χ2v) is 5.43. The largest absolute Gasteiger partial charge is 0.496 e. The van der Waals surface area contributed by atoms with E-state index in [2.05, 4.69) is 12.2 Å². The normalized spacial score (nSPS) is 10.2. The van der Waals surface area contributed by atoms with E-state index >= 15 is 0 Å². The van der Waals surface area contributed by atoms with Crippen molar-refractivity contribution in [2.75, 3.05) is 12.4 Å². The number of nitrogens with one attached hydrogen (secondary N) is 1. The molecule has 0 saturated carbocycles. The zero-order valence-electron chi connectivity index (χ0n) is 14.2. The third-order valence-electron chi connectivity index (χ3n) is 3.57. The van der Waals surface area contributed by atoms with Crippen LogP contribution in [-0.4, -0.2) is 24.1 Å². The minimum absolute atomic E-state index is 0.317. The van der Waals surface area contributed by atoms with Crippen LogP contribution in [0.3, 0.4) is 0 Å². The maximum atomic E-state index is 11.5. The number of ether oxygens (including phenoxy) is 2. The molecule has 0 aliphatic carbocycles. The first-order chi connectivity index (χ1) is 12.0. The van der Waals surface area contributed by atoms with Crippen LogP contribution in [0.1, 0.15) is 24.5 Å². The number of amides is 1. The van der Waals surface area contributed by atoms with Gasteiger partial charge in [0.05, 0.1) is 7.11 Å². The van der Waals surface area contributed by atoms with Gasteiger partial charge in [-0.2, -0.15) is 0 Å². The summed E-state index contributed by atoms with van der Waals surface area (Å²) in [6, 6.07) is 12.8. The molecule has 0 aromatic heterocycles. The molecule has 0 aliphatic rings. The highest BCUT2D eigenvalue weighted by molar-refractivity contribution is 6.01. The van der Waals surface area contributed by atoms with Crippen molar-refractivity contribution in [2.24, 2.45) is 0 Å². The molecule has 0 radical (unpaired) electrons. The molecule has 6 nitrogen and oxygen atoms in total. The number of aliphatic carboxylic acids is 1. The Balaban J connectivity index is 2.00. The zero-order valence-corrected chi connectivity index (χ0v) is 14.2. The predicted molar refractivity (Wildman–Crippen MR) is 94.0 cm³/mol. The van der Waals surface area contributed by atoms with E-state index in [0.717, 1.165) is 23.3 Å². The number of anilines is 1. The van der Waals surface area contributed by atoms with E-state index in [1.54, 1.807) is 25.3 Å². The molecule has 2 aromatic carbocycles. The fourth-order valence-electron chi connectivity index (χ4n) is 2.35. The number of carbonyl (C=O) groups excluding carboxylic acids is 1. The van der Waals surface area contributed by atoms with Gasteiger partial charge in [0, 0.05) is 11.8 Å². The molecule has 0 saturated heterocycles. The summed E-state index contributed by atoms with van der Waals surface area (Å²) in [5.74, 6) is -0.254. The Hall–Kier alpha value is -3.02. The van der Waals surface area contributed by atoms with Gasteiger partial charge in [-0.1, -0.05) is 25.1 Å². The summed E-state index contributed by atoms with van der Waals surface area (Å²) in [7, 11) is 1.63. The Labute approximate surface area is 146 Å². The molecule has 0 spiro atoms. The monoisotopic (exact) mass is 343 g/mol. The van der Waals surface area contributed by atoms with Gasteiger partial charge in [-0.3, -0.25) is 9.59 Å². The number of hydrogen-bond donors (Lipinski definition) is 2. The van der Waals surface area contributed by atoms with E-state index in [1.807, 2.05) is 24.3 Å². The van der Waals surface area contributed by atoms with Crippen molar-refractivity contribution in [1.82, 2.24) is 0 Å². The van der Waals surface area contributed by atoms with Crippen molar-refractivity contribution < 1.29 is 24.2 Å². The van der Waals surface area contributed by atoms with Crippen LogP contribution < -0.4 is 14.8 Å². The van der Waals surface area contributed by atoms with Crippen LogP contribution >= 0.6 is 0 Å². The number of carboxylic acids is 1. The molecule has 0 bridgehead atoms. The Bertz CT molecular complexity index is 757. The molecule has 2 N–H and O–H groups in total. The topological polar surface area (TPSA) is 84.9 Å². The molecule has 0 fully saturated rings. The van der Waals surface area contributed by atoms with Gasteiger partial charge in [-0.15, -0.1) is 0 Å². The molecule has 132 valence electrons. The maximum absolute atomic E-state index is 11.5. The summed E-state index contributed by atoms with van der Waals surface area (Å²) in [5.41, 5.74) is 2.50. The van der Waals surface area contributed by atoms with E-state index in [9.17, 15) is 9.59 Å². The molecule has 2 aromatic rings. The van der Waals surface area contributed by atoms with Crippen molar-refractivity contribution in [3.8, 4) is 11.5 Å². The molecule has 0 unspecified atom stereocenters. The standard InChI is InChI=1S/C19H21NO5/c1-3-14-7-8-16(10-17(14)24-2)25-12-13-5-4-6-15(9-13)20-18(21)11-19(22)23/h4-10H,3,11-12H2,1-2H3,(H,20,21)(H,22,23). The SMILES string of the molecule is CCc1ccc(OCc2cccc(NC(=O)CC(=O)O)c2)cc1OC. The van der Waals surface area contributed by atoms with Crippen molar-refractivity contribution in [2.45, 2.75) is 26.4 Å². The van der Waals surface area contributed by atoms with Gasteiger partial charge in [0.2, 0.25) is 5.91 Å². The number of rotatable bonds is 8. The fraction of sp³-hybridized carbons (Fsp3) is 0.263. The third kappa shape index (κ3) is 5.53. The highest BCUT2D eigenvalue weighted by Crippen LogP contribution is 2.25. The summed E-state index contributed by atoms with van der Waals surface area (Å²) in [4.78, 5) is 22.0. The second kappa shape index (κ2) is 8.73. The predicted octanol–water partition coefficient (Wildman–Crippen LogP) is 3.25. The summed E-state index contributed by atoms with van der Waals surface area (Å²) < 4.78 is 11.1. The smallest absolute Gasteiger partial charge is 0.312 e. The zero-order chi connectivity index (χ0) is 18.2. The summed E-state index contributed by atoms with van der Waals surface area (Å²) in [6.45, 7) is 2.37. The maximum Gasteiger partial charge on any atom is 0.312 e. The Morgan fingerprint density at radius 2 is 1.96 bits per heavy atom. The van der Waals surface area contributed by atoms with Crippen LogP contribution in [0.15, 0.2) is 42.5 Å². The van der Waals surface area contributed by atoms with Gasteiger partial charge in [0.1, 0.15) is 24.5 Å². The molecule has 0 aliphatic heterocycles. The van der Waals surface area contributed by atoms with Gasteiger partial charge in [-0.05, 0) is 35.7 Å². The number of aryl methyl sites for hydroxylation is 1. The Morgan fingerprint density at radius 1 is 1.16 bits per heavy atom. The molecule has 0 heterocycles. The van der Waals surface area contributed by atoms with Crippen LogP contribution in [0.5, 0.6) is 11.5 Å². The van der Waals surface area contributed by atoms with Crippen LogP contribution in [0, 0.1) is 0 Å². The van der Waals surface area contributed by atoms with Crippen LogP contribution in [0.4, 0.5) is 5.69 Å². The lowest BCUT2D eigenvalue weighted by Crippen LogP contribution is -2.16. The molecule has 25 heavy (non-hydrogen) atoms. The summed E-state index contributed by atoms with van der Waals surface area (Å²) in [5, 5.41) is 11.2. The van der Waals surface area contributed by atoms with Gasteiger partial charge in [0.25, 0.3) is 0 Å². The number of benzene rings is 2. The summed E-state index contributed by atoms with van der Waals surface area (Å²) >= 11 is 0. The molecule has 2 rings (SSSR count). The molecule has 1 amide bonds. The number of methoxy groups -OCH3 is 1. The number of carbonyl (C=O) groups is 2.